The van der Waals surface area contributed by atoms with Crippen LogP contribution in [0.3, 0.4) is 0 Å². The van der Waals surface area contributed by atoms with Crippen molar-refractivity contribution < 1.29 is 14.3 Å². The molecule has 6 heteroatoms. The molecule has 2 heterocycles. The van der Waals surface area contributed by atoms with E-state index in [4.69, 9.17) is 9.52 Å². The summed E-state index contributed by atoms with van der Waals surface area (Å²) in [6.07, 6.45) is 2.90. The van der Waals surface area contributed by atoms with Crippen molar-refractivity contribution in [1.29, 1.82) is 0 Å². The van der Waals surface area contributed by atoms with Gasteiger partial charge in [-0.15, -0.1) is 0 Å². The molecule has 2 aromatic rings. The van der Waals surface area contributed by atoms with Gasteiger partial charge in [-0.05, 0) is 12.1 Å². The van der Waals surface area contributed by atoms with Crippen LogP contribution in [0.25, 0.3) is 0 Å². The van der Waals surface area contributed by atoms with Gasteiger partial charge in [-0.2, -0.15) is 5.10 Å². The average molecular weight is 221 g/mol. The van der Waals surface area contributed by atoms with Crippen molar-refractivity contribution in [3.05, 3.63) is 41.6 Å². The summed E-state index contributed by atoms with van der Waals surface area (Å²) in [5, 5.41) is 18.4. The molecule has 3 N–H and O–H groups in total. The number of furan rings is 1. The Labute approximate surface area is 91.3 Å². The van der Waals surface area contributed by atoms with Crippen molar-refractivity contribution in [2.45, 2.75) is 13.1 Å². The first-order valence-electron chi connectivity index (χ1n) is 4.75. The van der Waals surface area contributed by atoms with Gasteiger partial charge in [-0.3, -0.25) is 5.10 Å². The predicted octanol–water partition coefficient (Wildman–Crippen LogP) is 0.991. The second-order valence-corrected chi connectivity index (χ2v) is 3.29. The fourth-order valence-corrected chi connectivity index (χ4v) is 1.29. The zero-order chi connectivity index (χ0) is 11.4. The molecular formula is C10H11N3O3. The molecule has 2 rings (SSSR count). The van der Waals surface area contributed by atoms with E-state index in [-0.39, 0.29) is 5.56 Å². The zero-order valence-electron chi connectivity index (χ0n) is 8.43. The lowest BCUT2D eigenvalue weighted by Crippen LogP contribution is -2.12. The van der Waals surface area contributed by atoms with E-state index in [1.165, 1.54) is 12.3 Å². The molecule has 84 valence electrons. The third kappa shape index (κ3) is 2.48. The zero-order valence-corrected chi connectivity index (χ0v) is 8.43. The lowest BCUT2D eigenvalue weighted by atomic mass is 10.3. The normalized spacial score (nSPS) is 10.5. The van der Waals surface area contributed by atoms with Crippen LogP contribution >= 0.6 is 0 Å². The van der Waals surface area contributed by atoms with E-state index < -0.39 is 5.97 Å². The number of H-pyrrole nitrogens is 1. The van der Waals surface area contributed by atoms with Gasteiger partial charge in [0.25, 0.3) is 0 Å². The molecule has 0 saturated heterocycles. The van der Waals surface area contributed by atoms with Gasteiger partial charge in [-0.1, -0.05) is 0 Å². The molecule has 2 aromatic heterocycles. The Balaban J connectivity index is 1.83. The van der Waals surface area contributed by atoms with E-state index >= 15 is 0 Å². The van der Waals surface area contributed by atoms with Crippen LogP contribution < -0.4 is 5.32 Å². The largest absolute Gasteiger partial charge is 0.478 e. The van der Waals surface area contributed by atoms with Crippen molar-refractivity contribution in [3.8, 4) is 0 Å². The highest BCUT2D eigenvalue weighted by Crippen LogP contribution is 2.07. The van der Waals surface area contributed by atoms with Crippen molar-refractivity contribution in [1.82, 2.24) is 15.5 Å². The molecular weight excluding hydrogens is 210 g/mol. The third-order valence-corrected chi connectivity index (χ3v) is 2.07. The van der Waals surface area contributed by atoms with Crippen LogP contribution in [0.2, 0.25) is 0 Å². The Hall–Kier alpha value is -2.08. The van der Waals surface area contributed by atoms with Gasteiger partial charge in [-0.25, -0.2) is 4.79 Å². The lowest BCUT2D eigenvalue weighted by Gasteiger charge is -1.98. The maximum atomic E-state index is 10.6. The Morgan fingerprint density at radius 1 is 1.56 bits per heavy atom. The summed E-state index contributed by atoms with van der Waals surface area (Å²) in [5.74, 6) is -0.388. The van der Waals surface area contributed by atoms with Gasteiger partial charge in [0.15, 0.2) is 0 Å². The number of hydrogen-bond acceptors (Lipinski definition) is 4. The molecule has 0 aromatic carbocycles. The van der Waals surface area contributed by atoms with Gasteiger partial charge in [0.2, 0.25) is 0 Å². The molecule has 16 heavy (non-hydrogen) atoms. The molecule has 0 radical (unpaired) electrons. The summed E-state index contributed by atoms with van der Waals surface area (Å²) < 4.78 is 5.08. The van der Waals surface area contributed by atoms with Gasteiger partial charge in [0.1, 0.15) is 12.0 Å². The topological polar surface area (TPSA) is 91.2 Å². The number of aromatic nitrogens is 2. The van der Waals surface area contributed by atoms with Crippen molar-refractivity contribution in [3.63, 3.8) is 0 Å². The molecule has 0 aliphatic rings. The summed E-state index contributed by atoms with van der Waals surface area (Å²) in [6, 6.07) is 3.36. The molecule has 0 fully saturated rings. The molecule has 0 saturated carbocycles. The Morgan fingerprint density at radius 2 is 2.44 bits per heavy atom. The number of carboxylic acid groups (broad SMARTS) is 1. The fourth-order valence-electron chi connectivity index (χ4n) is 1.29. The minimum atomic E-state index is -0.983. The maximum Gasteiger partial charge on any atom is 0.338 e. The van der Waals surface area contributed by atoms with Crippen molar-refractivity contribution in [2.24, 2.45) is 0 Å². The van der Waals surface area contributed by atoms with Crippen LogP contribution in [0.15, 0.2) is 29.0 Å². The first kappa shape index (κ1) is 10.4. The number of hydrogen-bond donors (Lipinski definition) is 3. The summed E-state index contributed by atoms with van der Waals surface area (Å²) in [6.45, 7) is 1.11. The Kier molecular flexibility index (Phi) is 3.02. The highest BCUT2D eigenvalue weighted by Gasteiger charge is 2.07. The van der Waals surface area contributed by atoms with E-state index in [0.29, 0.717) is 18.8 Å². The van der Waals surface area contributed by atoms with Crippen LogP contribution in [0.4, 0.5) is 0 Å². The number of nitrogens with one attached hydrogen (secondary N) is 2. The van der Waals surface area contributed by atoms with Crippen molar-refractivity contribution >= 4 is 5.97 Å². The van der Waals surface area contributed by atoms with Crippen LogP contribution in [0.5, 0.6) is 0 Å². The van der Waals surface area contributed by atoms with E-state index in [1.807, 2.05) is 6.07 Å². The van der Waals surface area contributed by atoms with Gasteiger partial charge in [0.05, 0.1) is 12.1 Å². The summed E-state index contributed by atoms with van der Waals surface area (Å²) in [5.41, 5.74) is 1.13. The second-order valence-electron chi connectivity index (χ2n) is 3.29. The van der Waals surface area contributed by atoms with E-state index in [0.717, 1.165) is 5.69 Å². The summed E-state index contributed by atoms with van der Waals surface area (Å²) in [4.78, 5) is 10.6. The van der Waals surface area contributed by atoms with Crippen LogP contribution in [-0.2, 0) is 13.1 Å². The van der Waals surface area contributed by atoms with E-state index in [1.54, 1.807) is 6.20 Å². The third-order valence-electron chi connectivity index (χ3n) is 2.07. The quantitative estimate of drug-likeness (QED) is 0.700. The standard InChI is InChI=1S/C10H11N3O3/c14-10(15)7-3-9(16-6-7)5-11-4-8-1-2-12-13-8/h1-3,6,11H,4-5H2,(H,12,13)(H,14,15). The molecule has 0 bridgehead atoms. The highest BCUT2D eigenvalue weighted by atomic mass is 16.4. The molecule has 0 amide bonds. The molecule has 0 atom stereocenters. The van der Waals surface area contributed by atoms with E-state index in [9.17, 15) is 4.79 Å². The fraction of sp³-hybridized carbons (Fsp3) is 0.200. The summed E-state index contributed by atoms with van der Waals surface area (Å²) in [7, 11) is 0. The van der Waals surface area contributed by atoms with Crippen LogP contribution in [0, 0.1) is 0 Å². The van der Waals surface area contributed by atoms with Crippen molar-refractivity contribution in [2.75, 3.05) is 0 Å². The number of nitrogens with zero attached hydrogens (tertiary/aromatic N) is 1. The van der Waals surface area contributed by atoms with Crippen LogP contribution in [0.1, 0.15) is 21.8 Å². The highest BCUT2D eigenvalue weighted by molar-refractivity contribution is 5.87. The average Bonchev–Trinajstić information content (AvgIpc) is 2.87. The monoisotopic (exact) mass is 221 g/mol. The maximum absolute atomic E-state index is 10.6. The Bertz CT molecular complexity index is 461. The van der Waals surface area contributed by atoms with E-state index in [2.05, 4.69) is 15.5 Å². The number of aromatic carboxylic acids is 1. The molecule has 0 aliphatic heterocycles. The minimum absolute atomic E-state index is 0.165. The summed E-state index contributed by atoms with van der Waals surface area (Å²) >= 11 is 0. The van der Waals surface area contributed by atoms with Gasteiger partial charge >= 0.3 is 5.97 Å². The lowest BCUT2D eigenvalue weighted by molar-refractivity contribution is 0.0696. The van der Waals surface area contributed by atoms with Crippen LogP contribution in [-0.4, -0.2) is 21.3 Å². The first-order valence-corrected chi connectivity index (χ1v) is 4.75. The smallest absolute Gasteiger partial charge is 0.338 e. The first-order chi connectivity index (χ1) is 7.75. The number of carboxylic acids is 1. The molecule has 6 nitrogen and oxygen atoms in total. The number of carbonyl (C=O) groups is 1. The Morgan fingerprint density at radius 3 is 3.06 bits per heavy atom. The molecule has 0 unspecified atom stereocenters. The second kappa shape index (κ2) is 4.63. The number of rotatable bonds is 5. The predicted molar refractivity (Wildman–Crippen MR) is 54.8 cm³/mol. The minimum Gasteiger partial charge on any atom is -0.478 e. The van der Waals surface area contributed by atoms with Gasteiger partial charge in [0, 0.05) is 18.4 Å². The van der Waals surface area contributed by atoms with Gasteiger partial charge < -0.3 is 14.8 Å². The number of aromatic amines is 1. The molecule has 0 aliphatic carbocycles. The SMILES string of the molecule is O=C(O)c1coc(CNCc2ccn[nH]2)c1. The molecule has 0 spiro atoms.